The van der Waals surface area contributed by atoms with E-state index in [9.17, 15) is 9.59 Å². The summed E-state index contributed by atoms with van der Waals surface area (Å²) in [7, 11) is 2.71. The minimum Gasteiger partial charge on any atom is -0.494 e. The Morgan fingerprint density at radius 2 is 1.03 bits per heavy atom. The summed E-state index contributed by atoms with van der Waals surface area (Å²) in [5.74, 6) is -0.773. The van der Waals surface area contributed by atoms with Gasteiger partial charge in [0.15, 0.2) is 12.2 Å². The summed E-state index contributed by atoms with van der Waals surface area (Å²) in [4.78, 5) is 22.2. The van der Waals surface area contributed by atoms with Gasteiger partial charge in [0.1, 0.15) is 11.5 Å². The van der Waals surface area contributed by atoms with Gasteiger partial charge in [-0.05, 0) is 48.2 Å². The van der Waals surface area contributed by atoms with Crippen molar-refractivity contribution in [2.75, 3.05) is 27.4 Å². The van der Waals surface area contributed by atoms with Gasteiger partial charge in [-0.3, -0.25) is 0 Å². The maximum Gasteiger partial charge on any atom is 0.337 e. The highest BCUT2D eigenvalue weighted by molar-refractivity contribution is 5.74. The molecule has 2 aromatic rings. The Morgan fingerprint density at radius 1 is 0.700 bits per heavy atom. The number of benzene rings is 2. The van der Waals surface area contributed by atoms with Crippen LogP contribution in [0, 0.1) is 0 Å². The number of carboxylic acids is 2. The smallest absolute Gasteiger partial charge is 0.337 e. The van der Waals surface area contributed by atoms with E-state index in [0.717, 1.165) is 12.8 Å². The number of aliphatic carboxylic acids is 2. The predicted molar refractivity (Wildman–Crippen MR) is 108 cm³/mol. The molecule has 0 fully saturated rings. The lowest BCUT2D eigenvalue weighted by Gasteiger charge is -2.12. The highest BCUT2D eigenvalue weighted by atomic mass is 16.5. The Bertz CT molecular complexity index is 731. The van der Waals surface area contributed by atoms with Crippen LogP contribution in [0.1, 0.15) is 36.2 Å². The first-order chi connectivity index (χ1) is 14.5. The molecule has 0 saturated heterocycles. The summed E-state index contributed by atoms with van der Waals surface area (Å²) >= 11 is 0. The first kappa shape index (κ1) is 23.2. The molecule has 2 N–H and O–H groups in total. The van der Waals surface area contributed by atoms with Crippen LogP contribution in [0.2, 0.25) is 0 Å². The predicted octanol–water partition coefficient (Wildman–Crippen LogP) is 3.47. The van der Waals surface area contributed by atoms with Crippen molar-refractivity contribution in [2.45, 2.75) is 25.0 Å². The molecular weight excluding hydrogens is 392 g/mol. The molecule has 0 spiro atoms. The maximum absolute atomic E-state index is 11.1. The molecule has 0 bridgehead atoms. The lowest BCUT2D eigenvalue weighted by Crippen LogP contribution is -2.13. The third-order valence-corrected chi connectivity index (χ3v) is 4.36. The lowest BCUT2D eigenvalue weighted by molar-refractivity contribution is -0.149. The van der Waals surface area contributed by atoms with Crippen molar-refractivity contribution >= 4 is 11.9 Å². The fraction of sp³-hybridized carbons (Fsp3) is 0.364. The first-order valence-corrected chi connectivity index (χ1v) is 9.43. The molecule has 0 aliphatic heterocycles. The summed E-state index contributed by atoms with van der Waals surface area (Å²) in [6.07, 6.45) is -0.426. The van der Waals surface area contributed by atoms with Gasteiger partial charge in [0, 0.05) is 14.2 Å². The van der Waals surface area contributed by atoms with Crippen molar-refractivity contribution in [2.24, 2.45) is 0 Å². The molecule has 2 aromatic carbocycles. The van der Waals surface area contributed by atoms with E-state index >= 15 is 0 Å². The molecule has 0 heterocycles. The number of rotatable bonds is 13. The van der Waals surface area contributed by atoms with E-state index < -0.39 is 24.1 Å². The van der Waals surface area contributed by atoms with E-state index in [1.54, 1.807) is 48.5 Å². The zero-order valence-corrected chi connectivity index (χ0v) is 16.9. The van der Waals surface area contributed by atoms with Gasteiger partial charge in [-0.15, -0.1) is 0 Å². The third-order valence-electron chi connectivity index (χ3n) is 4.36. The van der Waals surface area contributed by atoms with Crippen LogP contribution in [0.15, 0.2) is 48.5 Å². The number of carboxylic acid groups (broad SMARTS) is 2. The van der Waals surface area contributed by atoms with E-state index in [1.807, 2.05) is 0 Å². The molecule has 0 radical (unpaired) electrons. The van der Waals surface area contributed by atoms with Gasteiger partial charge in [-0.1, -0.05) is 24.3 Å². The summed E-state index contributed by atoms with van der Waals surface area (Å²) in [6, 6.07) is 13.5. The molecule has 0 aliphatic rings. The zero-order chi connectivity index (χ0) is 21.9. The minimum absolute atomic E-state index is 0.502. The van der Waals surface area contributed by atoms with Gasteiger partial charge >= 0.3 is 11.9 Å². The Labute approximate surface area is 175 Å². The van der Waals surface area contributed by atoms with Crippen molar-refractivity contribution in [3.05, 3.63) is 59.7 Å². The lowest BCUT2D eigenvalue weighted by atomic mass is 10.1. The largest absolute Gasteiger partial charge is 0.494 e. The maximum atomic E-state index is 11.1. The molecule has 0 amide bonds. The van der Waals surface area contributed by atoms with Crippen LogP contribution in [0.3, 0.4) is 0 Å². The minimum atomic E-state index is -1.04. The van der Waals surface area contributed by atoms with E-state index in [2.05, 4.69) is 0 Å². The topological polar surface area (TPSA) is 112 Å². The number of hydrogen-bond acceptors (Lipinski definition) is 6. The summed E-state index contributed by atoms with van der Waals surface area (Å²) in [5, 5.41) is 18.2. The van der Waals surface area contributed by atoms with Gasteiger partial charge in [0.25, 0.3) is 0 Å². The van der Waals surface area contributed by atoms with Crippen LogP contribution in [0.4, 0.5) is 0 Å². The van der Waals surface area contributed by atoms with Crippen molar-refractivity contribution in [3.63, 3.8) is 0 Å². The van der Waals surface area contributed by atoms with E-state index in [-0.39, 0.29) is 0 Å². The highest BCUT2D eigenvalue weighted by Crippen LogP contribution is 2.22. The molecule has 0 saturated carbocycles. The van der Waals surface area contributed by atoms with Crippen LogP contribution >= 0.6 is 0 Å². The van der Waals surface area contributed by atoms with Gasteiger partial charge < -0.3 is 29.2 Å². The molecule has 162 valence electrons. The number of ether oxygens (including phenoxy) is 4. The molecule has 2 unspecified atom stereocenters. The molecule has 8 nitrogen and oxygen atoms in total. The van der Waals surface area contributed by atoms with Crippen LogP contribution in [0.5, 0.6) is 11.5 Å². The first-order valence-electron chi connectivity index (χ1n) is 9.43. The molecule has 30 heavy (non-hydrogen) atoms. The molecule has 8 heteroatoms. The summed E-state index contributed by atoms with van der Waals surface area (Å²) in [5.41, 5.74) is 1.11. The Kier molecular flexibility index (Phi) is 9.11. The second kappa shape index (κ2) is 11.8. The molecule has 2 atom stereocenters. The fourth-order valence-electron chi connectivity index (χ4n) is 2.82. The molecule has 2 rings (SSSR count). The SMILES string of the molecule is COC(C(=O)O)c1ccc(OCCCCOc2ccc(C(OC)C(=O)O)cc2)cc1. The Morgan fingerprint density at radius 3 is 1.30 bits per heavy atom. The third kappa shape index (κ3) is 6.75. The average molecular weight is 418 g/mol. The normalized spacial score (nSPS) is 12.7. The molecular formula is C22H26O8. The van der Waals surface area contributed by atoms with E-state index in [4.69, 9.17) is 29.2 Å². The zero-order valence-electron chi connectivity index (χ0n) is 16.9. The van der Waals surface area contributed by atoms with Crippen LogP contribution < -0.4 is 9.47 Å². The van der Waals surface area contributed by atoms with Gasteiger partial charge in [0.2, 0.25) is 0 Å². The standard InChI is InChI=1S/C22H26O8/c1-27-19(21(23)24)15-5-9-17(10-6-15)29-13-3-4-14-30-18-11-7-16(8-12-18)20(28-2)22(25)26/h5-12,19-20H,3-4,13-14H2,1-2H3,(H,23,24)(H,25,26). The van der Waals surface area contributed by atoms with Crippen LogP contribution in [-0.4, -0.2) is 49.6 Å². The van der Waals surface area contributed by atoms with Crippen LogP contribution in [0.25, 0.3) is 0 Å². The average Bonchev–Trinajstić information content (AvgIpc) is 2.73. The van der Waals surface area contributed by atoms with Gasteiger partial charge in [-0.2, -0.15) is 0 Å². The Balaban J connectivity index is 1.68. The number of carbonyl (C=O) groups is 2. The van der Waals surface area contributed by atoms with Gasteiger partial charge in [-0.25, -0.2) is 9.59 Å². The quantitative estimate of drug-likeness (QED) is 0.476. The number of unbranched alkanes of at least 4 members (excludes halogenated alkanes) is 1. The van der Waals surface area contributed by atoms with Crippen molar-refractivity contribution in [1.82, 2.24) is 0 Å². The van der Waals surface area contributed by atoms with E-state index in [0.29, 0.717) is 35.8 Å². The van der Waals surface area contributed by atoms with Crippen LogP contribution in [-0.2, 0) is 19.1 Å². The van der Waals surface area contributed by atoms with Crippen molar-refractivity contribution in [3.8, 4) is 11.5 Å². The molecule has 0 aromatic heterocycles. The Hall–Kier alpha value is -3.10. The highest BCUT2D eigenvalue weighted by Gasteiger charge is 2.19. The summed E-state index contributed by atoms with van der Waals surface area (Å²) < 4.78 is 21.2. The number of hydrogen-bond donors (Lipinski definition) is 2. The number of methoxy groups -OCH3 is 2. The second-order valence-corrected chi connectivity index (χ2v) is 6.45. The van der Waals surface area contributed by atoms with Crippen molar-refractivity contribution < 1.29 is 38.7 Å². The van der Waals surface area contributed by atoms with Crippen molar-refractivity contribution in [1.29, 1.82) is 0 Å². The second-order valence-electron chi connectivity index (χ2n) is 6.45. The summed E-state index contributed by atoms with van der Waals surface area (Å²) in [6.45, 7) is 1.00. The fourth-order valence-corrected chi connectivity index (χ4v) is 2.82. The van der Waals surface area contributed by atoms with Gasteiger partial charge in [0.05, 0.1) is 13.2 Å². The monoisotopic (exact) mass is 418 g/mol. The van der Waals surface area contributed by atoms with E-state index in [1.165, 1.54) is 14.2 Å². The molecule has 0 aliphatic carbocycles.